The Morgan fingerprint density at radius 3 is 2.90 bits per heavy atom. The second-order valence-corrected chi connectivity index (χ2v) is 5.12. The number of hydrogen-bond acceptors (Lipinski definition) is 7. The van der Waals surface area contributed by atoms with Crippen LogP contribution in [0.4, 0.5) is 0 Å². The average molecular weight is 307 g/mol. The number of aromatic nitrogens is 6. The van der Waals surface area contributed by atoms with Gasteiger partial charge in [-0.25, -0.2) is 24.9 Å². The molecule has 3 heterocycles. The molecule has 0 bridgehead atoms. The Labute approximate surface area is 122 Å². The largest absolute Gasteiger partial charge is 0.341 e. The third-order valence-corrected chi connectivity index (χ3v) is 3.77. The molecule has 3 rings (SSSR count). The van der Waals surface area contributed by atoms with Crippen molar-refractivity contribution in [2.45, 2.75) is 17.0 Å². The summed E-state index contributed by atoms with van der Waals surface area (Å²) in [4.78, 5) is 34.5. The highest BCUT2D eigenvalue weighted by Gasteiger charge is 2.15. The zero-order valence-electron chi connectivity index (χ0n) is 10.2. The number of aryl methyl sites for hydroxylation is 1. The lowest BCUT2D eigenvalue weighted by Crippen LogP contribution is -1.99. The summed E-state index contributed by atoms with van der Waals surface area (Å²) in [6.07, 6.45) is 3.57. The first-order chi connectivity index (χ1) is 9.69. The van der Waals surface area contributed by atoms with Gasteiger partial charge in [0.2, 0.25) is 0 Å². The maximum Gasteiger partial charge on any atom is 0.181 e. The number of carbonyl (C=O) groups excluding carboxylic acids is 1. The Balaban J connectivity index is 2.11. The van der Waals surface area contributed by atoms with E-state index in [1.165, 1.54) is 24.4 Å². The highest BCUT2D eigenvalue weighted by Crippen LogP contribution is 2.32. The normalized spacial score (nSPS) is 10.9. The van der Waals surface area contributed by atoms with Gasteiger partial charge in [-0.1, -0.05) is 11.6 Å². The Morgan fingerprint density at radius 1 is 1.25 bits per heavy atom. The molecule has 0 saturated heterocycles. The van der Waals surface area contributed by atoms with Gasteiger partial charge in [0.15, 0.2) is 11.9 Å². The van der Waals surface area contributed by atoms with E-state index in [1.807, 2.05) is 0 Å². The minimum atomic E-state index is 0.130. The molecule has 0 saturated carbocycles. The molecule has 0 radical (unpaired) electrons. The Hall–Kier alpha value is -2.06. The van der Waals surface area contributed by atoms with Crippen LogP contribution in [0.1, 0.15) is 16.2 Å². The lowest BCUT2D eigenvalue weighted by Gasteiger charge is -2.05. The van der Waals surface area contributed by atoms with Crippen molar-refractivity contribution < 1.29 is 4.79 Å². The summed E-state index contributed by atoms with van der Waals surface area (Å²) < 4.78 is 0. The molecule has 0 spiro atoms. The molecule has 0 aliphatic heterocycles. The van der Waals surface area contributed by atoms with Crippen LogP contribution in [0.15, 0.2) is 22.7 Å². The molecule has 100 valence electrons. The van der Waals surface area contributed by atoms with Crippen LogP contribution in [0.2, 0.25) is 5.15 Å². The maximum atomic E-state index is 11.1. The number of nitrogens with zero attached hydrogens (tertiary/aromatic N) is 5. The fraction of sp³-hybridized carbons (Fsp3) is 0.0909. The number of carbonyl (C=O) groups is 1. The first-order valence-corrected chi connectivity index (χ1v) is 6.69. The summed E-state index contributed by atoms with van der Waals surface area (Å²) in [5.41, 5.74) is 1.47. The van der Waals surface area contributed by atoms with Gasteiger partial charge in [-0.2, -0.15) is 0 Å². The number of halogens is 1. The summed E-state index contributed by atoms with van der Waals surface area (Å²) in [6.45, 7) is 1.70. The summed E-state index contributed by atoms with van der Waals surface area (Å²) >= 11 is 7.16. The number of aldehydes is 1. The standard InChI is InChI=1S/C11H7ClN6OS/c1-5-17-8(12)6(2-19)10(18-5)20-11-7-9(14-3-13-7)15-4-16-11/h2-4H,1H3,(H,13,14,15,16). The first-order valence-electron chi connectivity index (χ1n) is 5.50. The molecule has 1 N–H and O–H groups in total. The minimum Gasteiger partial charge on any atom is -0.341 e. The van der Waals surface area contributed by atoms with Gasteiger partial charge in [0, 0.05) is 0 Å². The molecule has 0 aromatic carbocycles. The van der Waals surface area contributed by atoms with E-state index < -0.39 is 0 Å². The Morgan fingerprint density at radius 2 is 2.10 bits per heavy atom. The van der Waals surface area contributed by atoms with E-state index in [4.69, 9.17) is 11.6 Å². The molecule has 0 aliphatic carbocycles. The molecule has 20 heavy (non-hydrogen) atoms. The molecule has 0 amide bonds. The van der Waals surface area contributed by atoms with Crippen LogP contribution in [0.5, 0.6) is 0 Å². The van der Waals surface area contributed by atoms with E-state index in [0.29, 0.717) is 33.3 Å². The monoisotopic (exact) mass is 306 g/mol. The van der Waals surface area contributed by atoms with Crippen molar-refractivity contribution >= 4 is 40.8 Å². The second kappa shape index (κ2) is 5.14. The smallest absolute Gasteiger partial charge is 0.181 e. The van der Waals surface area contributed by atoms with Crippen molar-refractivity contribution in [2.24, 2.45) is 0 Å². The van der Waals surface area contributed by atoms with Crippen molar-refractivity contribution in [2.75, 3.05) is 0 Å². The van der Waals surface area contributed by atoms with Crippen molar-refractivity contribution in [1.82, 2.24) is 29.9 Å². The lowest BCUT2D eigenvalue weighted by molar-refractivity contribution is 0.112. The van der Waals surface area contributed by atoms with Crippen molar-refractivity contribution in [3.63, 3.8) is 0 Å². The van der Waals surface area contributed by atoms with Gasteiger partial charge in [-0.3, -0.25) is 4.79 Å². The van der Waals surface area contributed by atoms with Crippen molar-refractivity contribution in [3.8, 4) is 0 Å². The molecular formula is C11H7ClN6OS. The van der Waals surface area contributed by atoms with E-state index in [0.717, 1.165) is 0 Å². The molecule has 3 aromatic rings. The molecule has 0 unspecified atom stereocenters. The van der Waals surface area contributed by atoms with Gasteiger partial charge >= 0.3 is 0 Å². The SMILES string of the molecule is Cc1nc(Cl)c(C=O)c(Sc2ncnc3nc[nH]c23)n1. The number of rotatable bonds is 3. The fourth-order valence-electron chi connectivity index (χ4n) is 1.61. The number of H-pyrrole nitrogens is 1. The summed E-state index contributed by atoms with van der Waals surface area (Å²) in [6, 6.07) is 0. The van der Waals surface area contributed by atoms with E-state index >= 15 is 0 Å². The molecule has 0 aliphatic rings. The van der Waals surface area contributed by atoms with Crippen molar-refractivity contribution in [3.05, 3.63) is 29.2 Å². The third-order valence-electron chi connectivity index (χ3n) is 2.48. The molecule has 9 heteroatoms. The molecule has 0 fully saturated rings. The summed E-state index contributed by atoms with van der Waals surface area (Å²) in [5.74, 6) is 0.484. The fourth-order valence-corrected chi connectivity index (χ4v) is 2.89. The number of hydrogen-bond donors (Lipinski definition) is 1. The lowest BCUT2D eigenvalue weighted by atomic mass is 10.4. The quantitative estimate of drug-likeness (QED) is 0.584. The van der Waals surface area contributed by atoms with Gasteiger partial charge in [0.05, 0.1) is 11.9 Å². The van der Waals surface area contributed by atoms with Crippen LogP contribution in [0, 0.1) is 6.92 Å². The van der Waals surface area contributed by atoms with Crippen LogP contribution in [0.25, 0.3) is 11.2 Å². The molecular weight excluding hydrogens is 300 g/mol. The number of aromatic amines is 1. The predicted octanol–water partition coefficient (Wildman–Crippen LogP) is 2.07. The van der Waals surface area contributed by atoms with E-state index in [9.17, 15) is 4.79 Å². The number of imidazole rings is 1. The molecule has 0 atom stereocenters. The zero-order valence-corrected chi connectivity index (χ0v) is 11.7. The van der Waals surface area contributed by atoms with E-state index in [-0.39, 0.29) is 10.7 Å². The average Bonchev–Trinajstić information content (AvgIpc) is 2.87. The highest BCUT2D eigenvalue weighted by molar-refractivity contribution is 7.99. The van der Waals surface area contributed by atoms with Gasteiger partial charge in [0.25, 0.3) is 0 Å². The third kappa shape index (κ3) is 2.23. The van der Waals surface area contributed by atoms with Crippen LogP contribution < -0.4 is 0 Å². The number of nitrogens with one attached hydrogen (secondary N) is 1. The molecule has 7 nitrogen and oxygen atoms in total. The summed E-state index contributed by atoms with van der Waals surface area (Å²) in [5, 5.41) is 1.20. The summed E-state index contributed by atoms with van der Waals surface area (Å²) in [7, 11) is 0. The van der Waals surface area contributed by atoms with Crippen LogP contribution in [-0.4, -0.2) is 36.2 Å². The minimum absolute atomic E-state index is 0.130. The zero-order chi connectivity index (χ0) is 14.1. The maximum absolute atomic E-state index is 11.1. The van der Waals surface area contributed by atoms with Gasteiger partial charge in [-0.15, -0.1) is 0 Å². The molecule has 3 aromatic heterocycles. The van der Waals surface area contributed by atoms with Crippen LogP contribution >= 0.6 is 23.4 Å². The Kier molecular flexibility index (Phi) is 3.33. The van der Waals surface area contributed by atoms with Crippen molar-refractivity contribution in [1.29, 1.82) is 0 Å². The van der Waals surface area contributed by atoms with Gasteiger partial charge in [-0.05, 0) is 18.7 Å². The topological polar surface area (TPSA) is 97.3 Å². The van der Waals surface area contributed by atoms with Gasteiger partial charge < -0.3 is 4.98 Å². The number of fused-ring (bicyclic) bond motifs is 1. The predicted molar refractivity (Wildman–Crippen MR) is 73.0 cm³/mol. The second-order valence-electron chi connectivity index (χ2n) is 3.78. The van der Waals surface area contributed by atoms with E-state index in [1.54, 1.807) is 6.92 Å². The van der Waals surface area contributed by atoms with Gasteiger partial charge in [0.1, 0.15) is 32.9 Å². The van der Waals surface area contributed by atoms with E-state index in [2.05, 4.69) is 29.9 Å². The Bertz CT molecular complexity index is 805. The van der Waals surface area contributed by atoms with Crippen LogP contribution in [0.3, 0.4) is 0 Å². The van der Waals surface area contributed by atoms with Crippen LogP contribution in [-0.2, 0) is 0 Å². The highest BCUT2D eigenvalue weighted by atomic mass is 35.5. The first kappa shape index (κ1) is 12.9.